The zero-order valence-corrected chi connectivity index (χ0v) is 18.5. The first-order valence-corrected chi connectivity index (χ1v) is 10.3. The second-order valence-corrected chi connectivity index (χ2v) is 8.24. The van der Waals surface area contributed by atoms with Gasteiger partial charge in [0.2, 0.25) is 10.0 Å². The number of nitrogens with zero attached hydrogens (tertiary/aromatic N) is 2. The lowest BCUT2D eigenvalue weighted by molar-refractivity contribution is 0.0731. The average molecular weight is 496 g/mol. The predicted octanol–water partition coefficient (Wildman–Crippen LogP) is 2.21. The largest absolute Gasteiger partial charge is 0.379 e. The van der Waals surface area contributed by atoms with Crippen LogP contribution in [0.3, 0.4) is 0 Å². The number of ether oxygens (including phenoxy) is 1. The molecule has 1 fully saturated rings. The van der Waals surface area contributed by atoms with E-state index in [0.717, 1.165) is 12.1 Å². The molecule has 9 heteroatoms. The molecule has 148 valence electrons. The highest BCUT2D eigenvalue weighted by Crippen LogP contribution is 2.20. The van der Waals surface area contributed by atoms with Crippen LogP contribution in [0.5, 0.6) is 0 Å². The Morgan fingerprint density at radius 2 is 1.92 bits per heavy atom. The molecule has 1 unspecified atom stereocenters. The van der Waals surface area contributed by atoms with Gasteiger partial charge >= 0.3 is 0 Å². The fraction of sp³-hybridized carbons (Fsp3) is 0.588. The van der Waals surface area contributed by atoms with Crippen LogP contribution < -0.4 is 11.1 Å². The van der Waals surface area contributed by atoms with E-state index in [0.29, 0.717) is 32.2 Å². The van der Waals surface area contributed by atoms with Crippen molar-refractivity contribution in [2.45, 2.75) is 26.2 Å². The summed E-state index contributed by atoms with van der Waals surface area (Å²) in [4.78, 5) is 4.12. The van der Waals surface area contributed by atoms with Gasteiger partial charge in [0.05, 0.1) is 25.5 Å². The van der Waals surface area contributed by atoms with E-state index in [1.165, 1.54) is 9.87 Å². The topological polar surface area (TPSA) is 97.0 Å². The van der Waals surface area contributed by atoms with E-state index in [1.807, 2.05) is 12.1 Å². The van der Waals surface area contributed by atoms with Gasteiger partial charge in [-0.15, -0.1) is 24.0 Å². The molecular weight excluding hydrogens is 467 g/mol. The number of nitrogens with one attached hydrogen (secondary N) is 1. The Labute approximate surface area is 173 Å². The van der Waals surface area contributed by atoms with Crippen molar-refractivity contribution < 1.29 is 13.2 Å². The first-order chi connectivity index (χ1) is 11.9. The number of halogens is 1. The predicted molar refractivity (Wildman–Crippen MR) is 117 cm³/mol. The minimum absolute atomic E-state index is 0. The smallest absolute Gasteiger partial charge is 0.216 e. The molecule has 1 atom stereocenters. The van der Waals surface area contributed by atoms with Crippen molar-refractivity contribution in [3.05, 3.63) is 29.8 Å². The summed E-state index contributed by atoms with van der Waals surface area (Å²) < 4.78 is 31.0. The van der Waals surface area contributed by atoms with Crippen molar-refractivity contribution >= 4 is 45.6 Å². The number of anilines is 1. The van der Waals surface area contributed by atoms with Gasteiger partial charge in [-0.3, -0.25) is 4.99 Å². The van der Waals surface area contributed by atoms with Crippen LogP contribution >= 0.6 is 24.0 Å². The minimum Gasteiger partial charge on any atom is -0.379 e. The van der Waals surface area contributed by atoms with Gasteiger partial charge in [-0.2, -0.15) is 4.31 Å². The summed E-state index contributed by atoms with van der Waals surface area (Å²) in [6.45, 7) is 6.17. The van der Waals surface area contributed by atoms with Gasteiger partial charge in [-0.1, -0.05) is 26.0 Å². The van der Waals surface area contributed by atoms with Crippen LogP contribution in [-0.2, 0) is 14.8 Å². The molecule has 0 aliphatic carbocycles. The maximum atomic E-state index is 12.2. The molecule has 1 aromatic rings. The number of aliphatic imine (C=N–C) groups is 1. The van der Waals surface area contributed by atoms with Crippen LogP contribution in [0.4, 0.5) is 5.69 Å². The molecule has 0 amide bonds. The van der Waals surface area contributed by atoms with E-state index in [1.54, 1.807) is 0 Å². The summed E-state index contributed by atoms with van der Waals surface area (Å²) in [6.07, 6.45) is 1.09. The van der Waals surface area contributed by atoms with E-state index in [4.69, 9.17) is 10.5 Å². The number of guanidine groups is 1. The first kappa shape index (κ1) is 23.1. The Morgan fingerprint density at radius 3 is 2.50 bits per heavy atom. The van der Waals surface area contributed by atoms with Gasteiger partial charge in [0.15, 0.2) is 5.96 Å². The highest BCUT2D eigenvalue weighted by atomic mass is 127. The van der Waals surface area contributed by atoms with Crippen LogP contribution in [0, 0.1) is 0 Å². The molecule has 1 heterocycles. The van der Waals surface area contributed by atoms with Crippen molar-refractivity contribution in [2.24, 2.45) is 10.7 Å². The standard InChI is InChI=1S/C17H28N4O3S.HI/c1-3-14(2)15-4-6-16(7-5-15)20-17(18)19-8-13-25(22,23)21-9-11-24-12-10-21;/h4-7,14H,3,8-13H2,1-2H3,(H3,18,19,20);1H. The molecule has 1 saturated heterocycles. The van der Waals surface area contributed by atoms with E-state index in [9.17, 15) is 8.42 Å². The third kappa shape index (κ3) is 7.01. The maximum Gasteiger partial charge on any atom is 0.216 e. The van der Waals surface area contributed by atoms with Crippen LogP contribution in [0.1, 0.15) is 31.7 Å². The van der Waals surface area contributed by atoms with Gasteiger partial charge < -0.3 is 15.8 Å². The fourth-order valence-electron chi connectivity index (χ4n) is 2.55. The molecule has 1 aromatic carbocycles. The summed E-state index contributed by atoms with van der Waals surface area (Å²) in [5, 5.41) is 2.99. The van der Waals surface area contributed by atoms with Crippen molar-refractivity contribution in [3.8, 4) is 0 Å². The zero-order chi connectivity index (χ0) is 18.3. The van der Waals surface area contributed by atoms with Crippen LogP contribution in [0.25, 0.3) is 0 Å². The van der Waals surface area contributed by atoms with Crippen LogP contribution in [0.15, 0.2) is 29.3 Å². The van der Waals surface area contributed by atoms with Gasteiger partial charge in [-0.25, -0.2) is 8.42 Å². The highest BCUT2D eigenvalue weighted by molar-refractivity contribution is 14.0. The molecule has 0 aromatic heterocycles. The molecule has 26 heavy (non-hydrogen) atoms. The van der Waals surface area contributed by atoms with Gasteiger partial charge in [0.1, 0.15) is 0 Å². The highest BCUT2D eigenvalue weighted by Gasteiger charge is 2.23. The quantitative estimate of drug-likeness (QED) is 0.343. The Morgan fingerprint density at radius 1 is 1.31 bits per heavy atom. The molecule has 0 saturated carbocycles. The van der Waals surface area contributed by atoms with Gasteiger partial charge in [0, 0.05) is 18.8 Å². The molecule has 0 bridgehead atoms. The fourth-order valence-corrected chi connectivity index (χ4v) is 3.84. The summed E-state index contributed by atoms with van der Waals surface area (Å²) in [5.74, 6) is 0.682. The molecule has 3 N–H and O–H groups in total. The summed E-state index contributed by atoms with van der Waals surface area (Å²) in [6, 6.07) is 8.03. The monoisotopic (exact) mass is 496 g/mol. The average Bonchev–Trinajstić information content (AvgIpc) is 2.62. The van der Waals surface area contributed by atoms with E-state index in [-0.39, 0.29) is 42.2 Å². The summed E-state index contributed by atoms with van der Waals surface area (Å²) in [5.41, 5.74) is 7.96. The SMILES string of the molecule is CCC(C)c1ccc(NC(N)=NCCS(=O)(=O)N2CCOCC2)cc1.I. The second kappa shape index (κ2) is 11.1. The number of sulfonamides is 1. The number of morpholine rings is 1. The maximum absolute atomic E-state index is 12.2. The van der Waals surface area contributed by atoms with Gasteiger partial charge in [0.25, 0.3) is 0 Å². The molecule has 0 spiro atoms. The van der Waals surface area contributed by atoms with E-state index in [2.05, 4.69) is 36.3 Å². The third-order valence-electron chi connectivity index (χ3n) is 4.36. The Bertz CT molecular complexity index is 674. The molecule has 7 nitrogen and oxygen atoms in total. The number of rotatable bonds is 7. The summed E-state index contributed by atoms with van der Waals surface area (Å²) >= 11 is 0. The van der Waals surface area contributed by atoms with Crippen molar-refractivity contribution in [1.29, 1.82) is 0 Å². The lowest BCUT2D eigenvalue weighted by Gasteiger charge is -2.25. The minimum atomic E-state index is -3.31. The Balaban J connectivity index is 0.00000338. The molecule has 0 radical (unpaired) electrons. The lowest BCUT2D eigenvalue weighted by Crippen LogP contribution is -2.42. The third-order valence-corrected chi connectivity index (χ3v) is 6.21. The molecular formula is C17H29IN4O3S. The van der Waals surface area contributed by atoms with Crippen molar-refractivity contribution in [2.75, 3.05) is 43.9 Å². The Kier molecular flexibility index (Phi) is 9.83. The molecule has 1 aliphatic heterocycles. The number of hydrogen-bond acceptors (Lipinski definition) is 4. The lowest BCUT2D eigenvalue weighted by atomic mass is 9.99. The molecule has 2 rings (SSSR count). The van der Waals surface area contributed by atoms with Crippen molar-refractivity contribution in [3.63, 3.8) is 0 Å². The van der Waals surface area contributed by atoms with Crippen LogP contribution in [-0.4, -0.2) is 57.3 Å². The second-order valence-electron chi connectivity index (χ2n) is 6.15. The summed E-state index contributed by atoms with van der Waals surface area (Å²) in [7, 11) is -3.31. The van der Waals surface area contributed by atoms with Crippen molar-refractivity contribution in [1.82, 2.24) is 4.31 Å². The first-order valence-electron chi connectivity index (χ1n) is 8.65. The zero-order valence-electron chi connectivity index (χ0n) is 15.3. The number of benzene rings is 1. The van der Waals surface area contributed by atoms with E-state index < -0.39 is 10.0 Å². The Hall–Kier alpha value is -0.910. The van der Waals surface area contributed by atoms with Crippen LogP contribution in [0.2, 0.25) is 0 Å². The normalized spacial score (nSPS) is 17.4. The number of hydrogen-bond donors (Lipinski definition) is 2. The molecule has 1 aliphatic rings. The van der Waals surface area contributed by atoms with E-state index >= 15 is 0 Å². The number of nitrogens with two attached hydrogens (primary N) is 1. The van der Waals surface area contributed by atoms with Gasteiger partial charge in [-0.05, 0) is 30.0 Å².